The van der Waals surface area contributed by atoms with Crippen molar-refractivity contribution in [2.45, 2.75) is 25.4 Å². The van der Waals surface area contributed by atoms with Crippen molar-refractivity contribution in [3.63, 3.8) is 0 Å². The topological polar surface area (TPSA) is 45.2 Å². The number of amides is 1. The molecule has 1 unspecified atom stereocenters. The number of hydrogen-bond acceptors (Lipinski definition) is 3. The van der Waals surface area contributed by atoms with Gasteiger partial charge in [0, 0.05) is 23.6 Å². The Labute approximate surface area is 153 Å². The quantitative estimate of drug-likeness (QED) is 0.751. The molecule has 0 saturated heterocycles. The van der Waals surface area contributed by atoms with Gasteiger partial charge in [0.25, 0.3) is 5.91 Å². The Balaban J connectivity index is 1.69. The fourth-order valence-electron chi connectivity index (χ4n) is 3.61. The lowest BCUT2D eigenvalue weighted by Gasteiger charge is -2.39. The number of anilines is 2. The molecule has 2 heterocycles. The molecule has 0 radical (unpaired) electrons. The number of nitrogens with zero attached hydrogens (tertiary/aromatic N) is 2. The van der Waals surface area contributed by atoms with Crippen molar-refractivity contribution in [2.75, 3.05) is 10.2 Å². The standard InChI is InChI=1S/C22H21N3O/c1-16-15-20(24-17-9-3-2-4-10-17)18-11-5-6-13-21(18)25(16)22(26)19-12-7-8-14-23-19/h2-14,16,20,24H,15H2,1H3/t16-,20?/m1/s1. The minimum Gasteiger partial charge on any atom is -0.378 e. The van der Waals surface area contributed by atoms with Crippen LogP contribution >= 0.6 is 0 Å². The van der Waals surface area contributed by atoms with Crippen molar-refractivity contribution in [2.24, 2.45) is 0 Å². The Kier molecular flexibility index (Phi) is 4.40. The molecule has 2 atom stereocenters. The number of aromatic nitrogens is 1. The number of nitrogens with one attached hydrogen (secondary N) is 1. The second-order valence-electron chi connectivity index (χ2n) is 6.60. The molecule has 0 bridgehead atoms. The summed E-state index contributed by atoms with van der Waals surface area (Å²) in [6.07, 6.45) is 2.50. The maximum absolute atomic E-state index is 13.1. The molecule has 1 N–H and O–H groups in total. The van der Waals surface area contributed by atoms with Crippen molar-refractivity contribution in [3.05, 3.63) is 90.3 Å². The van der Waals surface area contributed by atoms with E-state index in [4.69, 9.17) is 0 Å². The van der Waals surface area contributed by atoms with E-state index in [0.29, 0.717) is 5.69 Å². The van der Waals surface area contributed by atoms with E-state index in [1.807, 2.05) is 53.4 Å². The number of para-hydroxylation sites is 2. The number of rotatable bonds is 3. The van der Waals surface area contributed by atoms with Gasteiger partial charge in [-0.2, -0.15) is 0 Å². The van der Waals surface area contributed by atoms with Crippen LogP contribution in [0.15, 0.2) is 79.0 Å². The summed E-state index contributed by atoms with van der Waals surface area (Å²) in [6.45, 7) is 2.09. The van der Waals surface area contributed by atoms with Gasteiger partial charge >= 0.3 is 0 Å². The smallest absolute Gasteiger partial charge is 0.277 e. The van der Waals surface area contributed by atoms with E-state index in [2.05, 4.69) is 35.4 Å². The van der Waals surface area contributed by atoms with Crippen LogP contribution in [-0.2, 0) is 0 Å². The van der Waals surface area contributed by atoms with Gasteiger partial charge in [-0.1, -0.05) is 42.5 Å². The molecule has 0 fully saturated rings. The number of pyridine rings is 1. The lowest BCUT2D eigenvalue weighted by Crippen LogP contribution is -2.44. The van der Waals surface area contributed by atoms with Gasteiger partial charge in [-0.25, -0.2) is 0 Å². The van der Waals surface area contributed by atoms with Gasteiger partial charge < -0.3 is 10.2 Å². The molecule has 0 spiro atoms. The lowest BCUT2D eigenvalue weighted by atomic mass is 9.91. The minimum atomic E-state index is -0.0521. The van der Waals surface area contributed by atoms with Crippen molar-refractivity contribution in [1.82, 2.24) is 4.98 Å². The third kappa shape index (κ3) is 3.06. The number of hydrogen-bond donors (Lipinski definition) is 1. The lowest BCUT2D eigenvalue weighted by molar-refractivity contribution is 0.0969. The van der Waals surface area contributed by atoms with E-state index < -0.39 is 0 Å². The minimum absolute atomic E-state index is 0.0521. The van der Waals surface area contributed by atoms with E-state index >= 15 is 0 Å². The third-order valence-corrected chi connectivity index (χ3v) is 4.81. The monoisotopic (exact) mass is 343 g/mol. The Morgan fingerprint density at radius 1 is 1.00 bits per heavy atom. The fraction of sp³-hybridized carbons (Fsp3) is 0.182. The van der Waals surface area contributed by atoms with Crippen LogP contribution in [0.5, 0.6) is 0 Å². The summed E-state index contributed by atoms with van der Waals surface area (Å²) >= 11 is 0. The molecular formula is C22H21N3O. The highest BCUT2D eigenvalue weighted by atomic mass is 16.2. The largest absolute Gasteiger partial charge is 0.378 e. The van der Waals surface area contributed by atoms with Crippen molar-refractivity contribution in [3.8, 4) is 0 Å². The molecule has 1 aromatic heterocycles. The van der Waals surface area contributed by atoms with Gasteiger partial charge in [0.15, 0.2) is 0 Å². The van der Waals surface area contributed by atoms with E-state index in [1.54, 1.807) is 12.3 Å². The van der Waals surface area contributed by atoms with E-state index in [9.17, 15) is 4.79 Å². The van der Waals surface area contributed by atoms with Gasteiger partial charge in [-0.3, -0.25) is 9.78 Å². The molecule has 0 aliphatic carbocycles. The molecule has 1 aliphatic rings. The van der Waals surface area contributed by atoms with Crippen LogP contribution in [0.25, 0.3) is 0 Å². The number of carbonyl (C=O) groups is 1. The summed E-state index contributed by atoms with van der Waals surface area (Å²) in [5.41, 5.74) is 3.65. The molecule has 2 aromatic carbocycles. The zero-order valence-corrected chi connectivity index (χ0v) is 14.7. The molecule has 4 rings (SSSR count). The first-order valence-corrected chi connectivity index (χ1v) is 8.89. The van der Waals surface area contributed by atoms with Crippen LogP contribution in [0.4, 0.5) is 11.4 Å². The first kappa shape index (κ1) is 16.3. The zero-order chi connectivity index (χ0) is 17.9. The van der Waals surface area contributed by atoms with E-state index in [1.165, 1.54) is 0 Å². The number of carbonyl (C=O) groups excluding carboxylic acids is 1. The van der Waals surface area contributed by atoms with Gasteiger partial charge in [-0.15, -0.1) is 0 Å². The van der Waals surface area contributed by atoms with E-state index in [-0.39, 0.29) is 18.0 Å². The van der Waals surface area contributed by atoms with Crippen LogP contribution in [0.2, 0.25) is 0 Å². The molecule has 26 heavy (non-hydrogen) atoms. The first-order chi connectivity index (χ1) is 12.7. The summed E-state index contributed by atoms with van der Waals surface area (Å²) in [7, 11) is 0. The Hall–Kier alpha value is -3.14. The number of fused-ring (bicyclic) bond motifs is 1. The molecule has 0 saturated carbocycles. The molecule has 4 heteroatoms. The predicted molar refractivity (Wildman–Crippen MR) is 104 cm³/mol. The van der Waals surface area contributed by atoms with Crippen LogP contribution in [0.1, 0.15) is 35.4 Å². The van der Waals surface area contributed by atoms with Gasteiger partial charge in [0.05, 0.1) is 6.04 Å². The molecular weight excluding hydrogens is 322 g/mol. The maximum Gasteiger partial charge on any atom is 0.277 e. The summed E-state index contributed by atoms with van der Waals surface area (Å²) in [5.74, 6) is -0.0521. The highest BCUT2D eigenvalue weighted by Gasteiger charge is 2.34. The first-order valence-electron chi connectivity index (χ1n) is 8.89. The molecule has 1 aliphatic heterocycles. The molecule has 1 amide bonds. The second kappa shape index (κ2) is 7.00. The summed E-state index contributed by atoms with van der Waals surface area (Å²) < 4.78 is 0. The second-order valence-corrected chi connectivity index (χ2v) is 6.60. The van der Waals surface area contributed by atoms with Crippen molar-refractivity contribution >= 4 is 17.3 Å². The Morgan fingerprint density at radius 3 is 2.50 bits per heavy atom. The van der Waals surface area contributed by atoms with E-state index in [0.717, 1.165) is 23.4 Å². The summed E-state index contributed by atoms with van der Waals surface area (Å²) in [4.78, 5) is 19.2. The van der Waals surface area contributed by atoms with Crippen LogP contribution < -0.4 is 10.2 Å². The summed E-state index contributed by atoms with van der Waals surface area (Å²) in [5, 5.41) is 3.61. The van der Waals surface area contributed by atoms with Crippen LogP contribution in [0.3, 0.4) is 0 Å². The van der Waals surface area contributed by atoms with Crippen LogP contribution in [0, 0.1) is 0 Å². The zero-order valence-electron chi connectivity index (χ0n) is 14.7. The Morgan fingerprint density at radius 2 is 1.73 bits per heavy atom. The van der Waals surface area contributed by atoms with Crippen LogP contribution in [-0.4, -0.2) is 16.9 Å². The SMILES string of the molecule is C[C@@H]1CC(Nc2ccccc2)c2ccccc2N1C(=O)c1ccccn1. The third-order valence-electron chi connectivity index (χ3n) is 4.81. The highest BCUT2D eigenvalue weighted by Crippen LogP contribution is 2.39. The molecule has 3 aromatic rings. The average molecular weight is 343 g/mol. The normalized spacial score (nSPS) is 18.9. The highest BCUT2D eigenvalue weighted by molar-refractivity contribution is 6.06. The van der Waals surface area contributed by atoms with Crippen molar-refractivity contribution < 1.29 is 4.79 Å². The maximum atomic E-state index is 13.1. The molecule has 130 valence electrons. The Bertz CT molecular complexity index is 896. The predicted octanol–water partition coefficient (Wildman–Crippen LogP) is 4.67. The molecule has 4 nitrogen and oxygen atoms in total. The fourth-order valence-corrected chi connectivity index (χ4v) is 3.61. The summed E-state index contributed by atoms with van der Waals surface area (Å²) in [6, 6.07) is 24.0. The van der Waals surface area contributed by atoms with Crippen molar-refractivity contribution in [1.29, 1.82) is 0 Å². The van der Waals surface area contributed by atoms with Gasteiger partial charge in [0.1, 0.15) is 5.69 Å². The average Bonchev–Trinajstić information content (AvgIpc) is 2.69. The van der Waals surface area contributed by atoms with Gasteiger partial charge in [0.2, 0.25) is 0 Å². The number of benzene rings is 2. The van der Waals surface area contributed by atoms with Gasteiger partial charge in [-0.05, 0) is 49.2 Å².